The molecule has 0 aromatic heterocycles. The average Bonchev–Trinajstić information content (AvgIpc) is 2.13. The highest BCUT2D eigenvalue weighted by molar-refractivity contribution is 6.83. The molecule has 0 aliphatic heterocycles. The van der Waals surface area contributed by atoms with Crippen molar-refractivity contribution in [2.75, 3.05) is 0 Å². The van der Waals surface area contributed by atoms with Crippen LogP contribution in [0.25, 0.3) is 0 Å². The second-order valence-corrected chi connectivity index (χ2v) is 16.1. The van der Waals surface area contributed by atoms with E-state index in [0.29, 0.717) is 0 Å². The number of hydrogen-bond donors (Lipinski definition) is 0. The molecule has 0 amide bonds. The topological polar surface area (TPSA) is 9.23 Å². The molecule has 0 heterocycles. The highest BCUT2D eigenvalue weighted by Crippen LogP contribution is 2.29. The molecule has 17 heavy (non-hydrogen) atoms. The van der Waals surface area contributed by atoms with Gasteiger partial charge in [0.15, 0.2) is 8.32 Å². The van der Waals surface area contributed by atoms with E-state index in [-0.39, 0.29) is 5.60 Å². The zero-order valence-corrected chi connectivity index (χ0v) is 14.2. The summed E-state index contributed by atoms with van der Waals surface area (Å²) >= 11 is 0. The zero-order valence-electron chi connectivity index (χ0n) is 12.2. The third kappa shape index (κ3) is 5.71. The predicted octanol–water partition coefficient (Wildman–Crippen LogP) is 4.20. The average molecular weight is 267 g/mol. The molecule has 1 rings (SSSR count). The minimum absolute atomic E-state index is 0.275. The molecule has 0 bridgehead atoms. The zero-order chi connectivity index (χ0) is 13.2. The summed E-state index contributed by atoms with van der Waals surface area (Å²) in [5, 5.41) is 0. The van der Waals surface area contributed by atoms with Gasteiger partial charge in [-0.05, 0) is 45.0 Å². The van der Waals surface area contributed by atoms with E-state index in [0.717, 1.165) is 6.42 Å². The van der Waals surface area contributed by atoms with Gasteiger partial charge in [-0.3, -0.25) is 0 Å². The molecule has 0 aromatic rings. The van der Waals surface area contributed by atoms with Gasteiger partial charge in [-0.15, -0.1) is 5.54 Å². The number of allylic oxidation sites excluding steroid dienone is 1. The minimum atomic E-state index is -1.55. The Bertz CT molecular complexity index is 349. The Morgan fingerprint density at radius 2 is 1.76 bits per heavy atom. The van der Waals surface area contributed by atoms with Gasteiger partial charge in [-0.25, -0.2) is 0 Å². The van der Waals surface area contributed by atoms with E-state index in [4.69, 9.17) is 4.43 Å². The summed E-state index contributed by atoms with van der Waals surface area (Å²) in [5.74, 6) is 3.47. The molecule has 0 saturated heterocycles. The molecule has 0 radical (unpaired) electrons. The fraction of sp³-hybridized carbons (Fsp3) is 0.714. The van der Waals surface area contributed by atoms with Crippen LogP contribution in [-0.2, 0) is 4.43 Å². The Morgan fingerprint density at radius 3 is 2.18 bits per heavy atom. The molecule has 0 spiro atoms. The molecule has 1 unspecified atom stereocenters. The fourth-order valence-electron chi connectivity index (χ4n) is 1.89. The van der Waals surface area contributed by atoms with Gasteiger partial charge in [-0.1, -0.05) is 31.6 Å². The SMILES string of the molecule is C[Si](C)(C)C#CC1(O[Si](C)(C)C)C=CCCC1. The Hall–Kier alpha value is -0.306. The molecule has 1 aliphatic rings. The predicted molar refractivity (Wildman–Crippen MR) is 81.3 cm³/mol. The first-order valence-electron chi connectivity index (χ1n) is 6.54. The molecule has 0 N–H and O–H groups in total. The van der Waals surface area contributed by atoms with Crippen molar-refractivity contribution in [2.24, 2.45) is 0 Å². The maximum Gasteiger partial charge on any atom is 0.186 e. The lowest BCUT2D eigenvalue weighted by Crippen LogP contribution is -2.41. The normalized spacial score (nSPS) is 25.3. The molecular formula is C14H26OSi2. The monoisotopic (exact) mass is 266 g/mol. The summed E-state index contributed by atoms with van der Waals surface area (Å²) in [6, 6.07) is 0. The first-order chi connectivity index (χ1) is 7.62. The van der Waals surface area contributed by atoms with Crippen LogP contribution in [-0.4, -0.2) is 22.0 Å². The van der Waals surface area contributed by atoms with Gasteiger partial charge in [0.1, 0.15) is 13.7 Å². The van der Waals surface area contributed by atoms with E-state index < -0.39 is 16.4 Å². The summed E-state index contributed by atoms with van der Waals surface area (Å²) in [6.07, 6.45) is 7.88. The van der Waals surface area contributed by atoms with E-state index >= 15 is 0 Å². The Balaban J connectivity index is 2.98. The lowest BCUT2D eigenvalue weighted by molar-refractivity contribution is 0.155. The maximum absolute atomic E-state index is 6.36. The standard InChI is InChI=1S/C14H26OSi2/c1-16(2,3)13-12-14(15-17(4,5)6)10-8-7-9-11-14/h8,10H,7,9,11H2,1-6H3. The Labute approximate surface area is 109 Å². The van der Waals surface area contributed by atoms with Gasteiger partial charge in [-0.2, -0.15) is 0 Å². The van der Waals surface area contributed by atoms with Crippen LogP contribution in [0.1, 0.15) is 19.3 Å². The van der Waals surface area contributed by atoms with Crippen LogP contribution in [0.4, 0.5) is 0 Å². The second-order valence-electron chi connectivity index (χ2n) is 6.90. The number of hydrogen-bond acceptors (Lipinski definition) is 1. The molecule has 0 fully saturated rings. The van der Waals surface area contributed by atoms with Gasteiger partial charge in [0.05, 0.1) is 0 Å². The Kier molecular flexibility index (Phi) is 4.45. The van der Waals surface area contributed by atoms with Crippen molar-refractivity contribution in [3.63, 3.8) is 0 Å². The molecule has 1 nitrogen and oxygen atoms in total. The van der Waals surface area contributed by atoms with Crippen molar-refractivity contribution < 1.29 is 4.43 Å². The highest BCUT2D eigenvalue weighted by Gasteiger charge is 2.33. The van der Waals surface area contributed by atoms with Gasteiger partial charge in [0.25, 0.3) is 0 Å². The van der Waals surface area contributed by atoms with E-state index in [1.54, 1.807) is 0 Å². The molecule has 0 aromatic carbocycles. The third-order valence-electron chi connectivity index (χ3n) is 2.44. The van der Waals surface area contributed by atoms with Crippen molar-refractivity contribution in [1.29, 1.82) is 0 Å². The highest BCUT2D eigenvalue weighted by atomic mass is 28.4. The van der Waals surface area contributed by atoms with Crippen molar-refractivity contribution in [1.82, 2.24) is 0 Å². The maximum atomic E-state index is 6.36. The van der Waals surface area contributed by atoms with Crippen molar-refractivity contribution >= 4 is 16.4 Å². The van der Waals surface area contributed by atoms with Crippen LogP contribution < -0.4 is 0 Å². The summed E-state index contributed by atoms with van der Waals surface area (Å²) in [6.45, 7) is 13.6. The van der Waals surface area contributed by atoms with Crippen LogP contribution >= 0.6 is 0 Å². The van der Waals surface area contributed by atoms with Crippen LogP contribution in [0, 0.1) is 11.5 Å². The number of rotatable bonds is 2. The summed E-state index contributed by atoms with van der Waals surface area (Å²) in [5.41, 5.74) is 3.22. The van der Waals surface area contributed by atoms with E-state index in [9.17, 15) is 0 Å². The first-order valence-corrected chi connectivity index (χ1v) is 13.5. The van der Waals surface area contributed by atoms with Crippen molar-refractivity contribution in [3.05, 3.63) is 12.2 Å². The van der Waals surface area contributed by atoms with Gasteiger partial charge in [0, 0.05) is 0 Å². The van der Waals surface area contributed by atoms with E-state index in [1.807, 2.05) is 0 Å². The van der Waals surface area contributed by atoms with Gasteiger partial charge < -0.3 is 4.43 Å². The largest absolute Gasteiger partial charge is 0.398 e. The van der Waals surface area contributed by atoms with Gasteiger partial charge >= 0.3 is 0 Å². The molecule has 3 heteroatoms. The molecule has 1 atom stereocenters. The Morgan fingerprint density at radius 1 is 1.12 bits per heavy atom. The quantitative estimate of drug-likeness (QED) is 0.413. The van der Waals surface area contributed by atoms with Crippen LogP contribution in [0.2, 0.25) is 39.3 Å². The third-order valence-corrected chi connectivity index (χ3v) is 4.30. The molecular weight excluding hydrogens is 240 g/mol. The van der Waals surface area contributed by atoms with E-state index in [2.05, 4.69) is 62.9 Å². The summed E-state index contributed by atoms with van der Waals surface area (Å²) in [7, 11) is -2.87. The minimum Gasteiger partial charge on any atom is -0.398 e. The van der Waals surface area contributed by atoms with Crippen LogP contribution in [0.5, 0.6) is 0 Å². The summed E-state index contributed by atoms with van der Waals surface area (Å²) in [4.78, 5) is 0. The molecule has 0 saturated carbocycles. The van der Waals surface area contributed by atoms with Crippen LogP contribution in [0.15, 0.2) is 12.2 Å². The van der Waals surface area contributed by atoms with Crippen molar-refractivity contribution in [2.45, 2.75) is 64.1 Å². The molecule has 96 valence electrons. The van der Waals surface area contributed by atoms with Crippen LogP contribution in [0.3, 0.4) is 0 Å². The van der Waals surface area contributed by atoms with E-state index in [1.165, 1.54) is 12.8 Å². The lowest BCUT2D eigenvalue weighted by atomic mass is 9.92. The second kappa shape index (κ2) is 5.13. The molecule has 1 aliphatic carbocycles. The lowest BCUT2D eigenvalue weighted by Gasteiger charge is -2.35. The van der Waals surface area contributed by atoms with Crippen molar-refractivity contribution in [3.8, 4) is 11.5 Å². The fourth-order valence-corrected chi connectivity index (χ4v) is 3.79. The first kappa shape index (κ1) is 14.8. The van der Waals surface area contributed by atoms with Gasteiger partial charge in [0.2, 0.25) is 0 Å². The smallest absolute Gasteiger partial charge is 0.186 e. The summed E-state index contributed by atoms with van der Waals surface area (Å²) < 4.78 is 6.36.